The number of hydrogen-bond acceptors (Lipinski definition) is 2. The van der Waals surface area contributed by atoms with E-state index in [1.54, 1.807) is 0 Å². The van der Waals surface area contributed by atoms with Crippen LogP contribution in [0.4, 0.5) is 5.69 Å². The second-order valence-corrected chi connectivity index (χ2v) is 5.57. The van der Waals surface area contributed by atoms with Gasteiger partial charge in [-0.3, -0.25) is 0 Å². The zero-order valence-corrected chi connectivity index (χ0v) is 11.5. The Hall–Kier alpha value is -1.02. The molecular weight excluding hydrogens is 208 g/mol. The second-order valence-electron chi connectivity index (χ2n) is 5.57. The van der Waals surface area contributed by atoms with Crippen LogP contribution in [0.1, 0.15) is 18.1 Å². The maximum atomic E-state index is 3.36. The van der Waals surface area contributed by atoms with E-state index in [4.69, 9.17) is 0 Å². The summed E-state index contributed by atoms with van der Waals surface area (Å²) in [6, 6.07) is 6.71. The summed E-state index contributed by atoms with van der Waals surface area (Å²) < 4.78 is 0. The fraction of sp³-hybridized carbons (Fsp3) is 0.600. The van der Waals surface area contributed by atoms with Crippen molar-refractivity contribution in [1.29, 1.82) is 0 Å². The number of nitrogens with one attached hydrogen (secondary N) is 1. The molecule has 1 fully saturated rings. The molecule has 2 nitrogen and oxygen atoms in total. The van der Waals surface area contributed by atoms with E-state index in [0.717, 1.165) is 18.4 Å². The Morgan fingerprint density at radius 2 is 2.06 bits per heavy atom. The maximum Gasteiger partial charge on any atom is 0.0393 e. The largest absolute Gasteiger partial charge is 0.374 e. The normalized spacial score (nSPS) is 17.6. The van der Waals surface area contributed by atoms with Gasteiger partial charge < -0.3 is 10.2 Å². The van der Waals surface area contributed by atoms with Gasteiger partial charge in [-0.2, -0.15) is 0 Å². The summed E-state index contributed by atoms with van der Waals surface area (Å²) in [4.78, 5) is 2.40. The molecule has 1 heterocycles. The fourth-order valence-corrected chi connectivity index (χ4v) is 2.63. The van der Waals surface area contributed by atoms with Crippen LogP contribution in [0.3, 0.4) is 0 Å². The Balaban J connectivity index is 2.00. The summed E-state index contributed by atoms with van der Waals surface area (Å²) in [6.07, 6.45) is 0. The monoisotopic (exact) mass is 232 g/mol. The van der Waals surface area contributed by atoms with Crippen molar-refractivity contribution < 1.29 is 0 Å². The van der Waals surface area contributed by atoms with E-state index < -0.39 is 0 Å². The summed E-state index contributed by atoms with van der Waals surface area (Å²) in [6.45, 7) is 10.3. The molecule has 17 heavy (non-hydrogen) atoms. The average Bonchev–Trinajstić information content (AvgIpc) is 2.13. The lowest BCUT2D eigenvalue weighted by Gasteiger charge is -2.35. The smallest absolute Gasteiger partial charge is 0.0393 e. The highest BCUT2D eigenvalue weighted by Gasteiger charge is 2.24. The van der Waals surface area contributed by atoms with Gasteiger partial charge in [0.25, 0.3) is 0 Å². The van der Waals surface area contributed by atoms with Crippen molar-refractivity contribution in [2.75, 3.05) is 31.6 Å². The summed E-state index contributed by atoms with van der Waals surface area (Å²) in [7, 11) is 2.21. The topological polar surface area (TPSA) is 15.3 Å². The van der Waals surface area contributed by atoms with Gasteiger partial charge in [0.1, 0.15) is 0 Å². The van der Waals surface area contributed by atoms with Gasteiger partial charge in [-0.25, -0.2) is 0 Å². The predicted molar refractivity (Wildman–Crippen MR) is 74.7 cm³/mol. The van der Waals surface area contributed by atoms with Gasteiger partial charge in [-0.1, -0.05) is 24.6 Å². The Labute approximate surface area is 105 Å². The second kappa shape index (κ2) is 5.09. The van der Waals surface area contributed by atoms with Crippen LogP contribution < -0.4 is 10.2 Å². The van der Waals surface area contributed by atoms with Crippen molar-refractivity contribution in [2.45, 2.75) is 20.8 Å². The molecule has 0 aliphatic carbocycles. The van der Waals surface area contributed by atoms with Crippen molar-refractivity contribution in [3.05, 3.63) is 29.3 Å². The van der Waals surface area contributed by atoms with E-state index in [1.807, 2.05) is 0 Å². The number of anilines is 1. The Morgan fingerprint density at radius 1 is 1.35 bits per heavy atom. The molecule has 1 aliphatic rings. The molecule has 1 unspecified atom stereocenters. The summed E-state index contributed by atoms with van der Waals surface area (Å²) >= 11 is 0. The van der Waals surface area contributed by atoms with Crippen molar-refractivity contribution in [1.82, 2.24) is 5.32 Å². The van der Waals surface area contributed by atoms with Crippen molar-refractivity contribution >= 4 is 5.69 Å². The van der Waals surface area contributed by atoms with Crippen LogP contribution in [0, 0.1) is 25.7 Å². The molecule has 1 N–H and O–H groups in total. The van der Waals surface area contributed by atoms with Crippen LogP contribution in [0.5, 0.6) is 0 Å². The van der Waals surface area contributed by atoms with Crippen LogP contribution in [0.15, 0.2) is 18.2 Å². The molecule has 0 bridgehead atoms. The quantitative estimate of drug-likeness (QED) is 0.858. The van der Waals surface area contributed by atoms with E-state index in [0.29, 0.717) is 0 Å². The standard InChI is InChI=1S/C15H24N2/c1-11-5-6-15(12(2)7-11)17(4)10-13(3)14-8-16-9-14/h5-7,13-14,16H,8-10H2,1-4H3. The van der Waals surface area contributed by atoms with Gasteiger partial charge >= 0.3 is 0 Å². The number of aryl methyl sites for hydroxylation is 2. The average molecular weight is 232 g/mol. The minimum atomic E-state index is 0.766. The molecule has 0 aromatic heterocycles. The summed E-state index contributed by atoms with van der Waals surface area (Å²) in [5, 5.41) is 3.36. The molecule has 1 atom stereocenters. The van der Waals surface area contributed by atoms with E-state index in [9.17, 15) is 0 Å². The zero-order chi connectivity index (χ0) is 12.4. The predicted octanol–water partition coefficient (Wildman–Crippen LogP) is 2.60. The Bertz CT molecular complexity index is 383. The highest BCUT2D eigenvalue weighted by Crippen LogP contribution is 2.23. The SMILES string of the molecule is Cc1ccc(N(C)CC(C)C2CNC2)c(C)c1. The first-order chi connectivity index (χ1) is 8.08. The lowest BCUT2D eigenvalue weighted by molar-refractivity contribution is 0.252. The van der Waals surface area contributed by atoms with Gasteiger partial charge in [-0.05, 0) is 50.4 Å². The number of hydrogen-bond donors (Lipinski definition) is 1. The Morgan fingerprint density at radius 3 is 2.59 bits per heavy atom. The third-order valence-corrected chi connectivity index (χ3v) is 3.94. The van der Waals surface area contributed by atoms with E-state index >= 15 is 0 Å². The van der Waals surface area contributed by atoms with Crippen LogP contribution in [0.2, 0.25) is 0 Å². The lowest BCUT2D eigenvalue weighted by Crippen LogP contribution is -2.47. The molecule has 0 amide bonds. The number of rotatable bonds is 4. The van der Waals surface area contributed by atoms with Gasteiger partial charge in [0, 0.05) is 19.3 Å². The molecule has 0 radical (unpaired) electrons. The molecule has 0 spiro atoms. The first kappa shape index (κ1) is 12.4. The van der Waals surface area contributed by atoms with Gasteiger partial charge in [0.15, 0.2) is 0 Å². The van der Waals surface area contributed by atoms with Crippen molar-refractivity contribution in [3.8, 4) is 0 Å². The van der Waals surface area contributed by atoms with Crippen LogP contribution in [0.25, 0.3) is 0 Å². The summed E-state index contributed by atoms with van der Waals surface area (Å²) in [5.41, 5.74) is 4.09. The Kier molecular flexibility index (Phi) is 3.72. The third kappa shape index (κ3) is 2.81. The molecule has 2 heteroatoms. The molecule has 1 aliphatic heterocycles. The summed E-state index contributed by atoms with van der Waals surface area (Å²) in [5.74, 6) is 1.63. The van der Waals surface area contributed by atoms with E-state index in [1.165, 1.54) is 29.9 Å². The number of benzene rings is 1. The minimum Gasteiger partial charge on any atom is -0.374 e. The van der Waals surface area contributed by atoms with Gasteiger partial charge in [-0.15, -0.1) is 0 Å². The highest BCUT2D eigenvalue weighted by atomic mass is 15.1. The van der Waals surface area contributed by atoms with Crippen LogP contribution in [-0.4, -0.2) is 26.7 Å². The fourth-order valence-electron chi connectivity index (χ4n) is 2.63. The van der Waals surface area contributed by atoms with E-state index in [2.05, 4.69) is 56.2 Å². The first-order valence-electron chi connectivity index (χ1n) is 6.57. The molecule has 1 aromatic rings. The minimum absolute atomic E-state index is 0.766. The van der Waals surface area contributed by atoms with Crippen molar-refractivity contribution in [2.24, 2.45) is 11.8 Å². The van der Waals surface area contributed by atoms with Crippen LogP contribution in [-0.2, 0) is 0 Å². The van der Waals surface area contributed by atoms with E-state index in [-0.39, 0.29) is 0 Å². The molecule has 1 saturated heterocycles. The lowest BCUT2D eigenvalue weighted by atomic mass is 9.88. The molecule has 2 rings (SSSR count). The molecular formula is C15H24N2. The number of nitrogens with zero attached hydrogens (tertiary/aromatic N) is 1. The molecule has 94 valence electrons. The van der Waals surface area contributed by atoms with Crippen molar-refractivity contribution in [3.63, 3.8) is 0 Å². The molecule has 0 saturated carbocycles. The highest BCUT2D eigenvalue weighted by molar-refractivity contribution is 5.53. The first-order valence-corrected chi connectivity index (χ1v) is 6.57. The third-order valence-electron chi connectivity index (χ3n) is 3.94. The van der Waals surface area contributed by atoms with Crippen LogP contribution >= 0.6 is 0 Å². The zero-order valence-electron chi connectivity index (χ0n) is 11.5. The van der Waals surface area contributed by atoms with Gasteiger partial charge in [0.2, 0.25) is 0 Å². The maximum absolute atomic E-state index is 3.36. The molecule has 1 aromatic carbocycles. The van der Waals surface area contributed by atoms with Gasteiger partial charge in [0.05, 0.1) is 0 Å².